The van der Waals surface area contributed by atoms with Crippen LogP contribution in [0.2, 0.25) is 0 Å². The molecule has 0 aliphatic rings. The van der Waals surface area contributed by atoms with Gasteiger partial charge in [-0.05, 0) is 74.9 Å². The van der Waals surface area contributed by atoms with E-state index in [-0.39, 0.29) is 29.3 Å². The van der Waals surface area contributed by atoms with E-state index in [1.54, 1.807) is 23.1 Å². The van der Waals surface area contributed by atoms with Crippen molar-refractivity contribution < 1.29 is 21.8 Å². The highest BCUT2D eigenvalue weighted by Crippen LogP contribution is 2.22. The van der Waals surface area contributed by atoms with Gasteiger partial charge in [0, 0.05) is 18.3 Å². The number of nitrogens with zero attached hydrogens (tertiary/aromatic N) is 1. The molecule has 32 heavy (non-hydrogen) atoms. The summed E-state index contributed by atoms with van der Waals surface area (Å²) < 4.78 is 43.2. The van der Waals surface area contributed by atoms with E-state index in [0.717, 1.165) is 29.8 Å². The minimum atomic E-state index is -4.11. The molecule has 0 bridgehead atoms. The summed E-state index contributed by atoms with van der Waals surface area (Å²) in [4.78, 5) is 14.3. The number of carbonyl (C=O) groups excluding carboxylic acids is 1. The Morgan fingerprint density at radius 1 is 1.03 bits per heavy atom. The van der Waals surface area contributed by atoms with Gasteiger partial charge in [0.1, 0.15) is 16.5 Å². The quantitative estimate of drug-likeness (QED) is 0.487. The highest BCUT2D eigenvalue weighted by molar-refractivity contribution is 7.87. The summed E-state index contributed by atoms with van der Waals surface area (Å²) in [5.74, 6) is -0.432. The molecule has 0 aromatic heterocycles. The zero-order chi connectivity index (χ0) is 23.3. The van der Waals surface area contributed by atoms with E-state index in [9.17, 15) is 17.6 Å². The smallest absolute Gasteiger partial charge is 0.339 e. The number of anilines is 1. The maximum absolute atomic E-state index is 13.1. The lowest BCUT2D eigenvalue weighted by Gasteiger charge is -2.27. The van der Waals surface area contributed by atoms with Gasteiger partial charge in [0.25, 0.3) is 0 Å². The number of aryl methyl sites for hydroxylation is 1. The molecule has 168 valence electrons. The molecule has 0 atom stereocenters. The lowest BCUT2D eigenvalue weighted by molar-refractivity contribution is 0.193. The molecule has 3 rings (SSSR count). The van der Waals surface area contributed by atoms with Crippen LogP contribution in [0, 0.1) is 12.7 Å². The summed E-state index contributed by atoms with van der Waals surface area (Å²) in [7, 11) is -4.11. The molecule has 2 amide bonds. The highest BCUT2D eigenvalue weighted by Gasteiger charge is 2.20. The minimum absolute atomic E-state index is 0.104. The predicted octanol–water partition coefficient (Wildman–Crippen LogP) is 5.34. The molecule has 0 fully saturated rings. The van der Waals surface area contributed by atoms with Crippen molar-refractivity contribution in [2.24, 2.45) is 0 Å². The van der Waals surface area contributed by atoms with Crippen molar-refractivity contribution >= 4 is 21.8 Å². The molecule has 0 spiro atoms. The Labute approximate surface area is 187 Å². The Morgan fingerprint density at radius 2 is 1.69 bits per heavy atom. The van der Waals surface area contributed by atoms with Crippen molar-refractivity contribution in [3.8, 4) is 5.75 Å². The van der Waals surface area contributed by atoms with E-state index >= 15 is 0 Å². The molecule has 1 N–H and O–H groups in total. The number of carbonyl (C=O) groups is 1. The Hall–Kier alpha value is -3.39. The number of benzene rings is 3. The molecule has 3 aromatic rings. The summed E-state index contributed by atoms with van der Waals surface area (Å²) in [5.41, 5.74) is 2.48. The number of halogens is 1. The summed E-state index contributed by atoms with van der Waals surface area (Å²) in [5, 5.41) is 2.88. The second kappa shape index (κ2) is 9.82. The number of amides is 2. The average molecular weight is 457 g/mol. The third-order valence-electron chi connectivity index (χ3n) is 4.75. The van der Waals surface area contributed by atoms with Gasteiger partial charge in [-0.15, -0.1) is 0 Å². The van der Waals surface area contributed by atoms with Crippen molar-refractivity contribution in [3.05, 3.63) is 89.7 Å². The predicted molar refractivity (Wildman–Crippen MR) is 122 cm³/mol. The molecular formula is C24H25FN2O4S. The fraction of sp³-hybridized carbons (Fsp3) is 0.208. The van der Waals surface area contributed by atoms with Gasteiger partial charge in [-0.1, -0.05) is 29.8 Å². The normalized spacial score (nSPS) is 11.3. The number of urea groups is 1. The number of nitrogens with one attached hydrogen (secondary N) is 1. The first-order valence-electron chi connectivity index (χ1n) is 10.1. The van der Waals surface area contributed by atoms with E-state index < -0.39 is 15.9 Å². The van der Waals surface area contributed by atoms with Crippen LogP contribution in [0.4, 0.5) is 14.9 Å². The van der Waals surface area contributed by atoms with Crippen LogP contribution in [0.5, 0.6) is 5.75 Å². The molecule has 0 aliphatic carbocycles. The molecule has 6 nitrogen and oxygen atoms in total. The van der Waals surface area contributed by atoms with Gasteiger partial charge >= 0.3 is 16.1 Å². The van der Waals surface area contributed by atoms with Gasteiger partial charge in [-0.2, -0.15) is 8.42 Å². The van der Waals surface area contributed by atoms with Gasteiger partial charge < -0.3 is 14.4 Å². The lowest BCUT2D eigenvalue weighted by Crippen LogP contribution is -2.39. The lowest BCUT2D eigenvalue weighted by atomic mass is 10.2. The monoisotopic (exact) mass is 456 g/mol. The van der Waals surface area contributed by atoms with Crippen LogP contribution in [-0.4, -0.2) is 25.4 Å². The molecule has 0 heterocycles. The SMILES string of the molecule is Cc1ccc(NC(=O)N(Cc2cccc(OS(=O)(=O)c3ccc(F)cc3)c2)C(C)C)cc1. The van der Waals surface area contributed by atoms with Crippen molar-refractivity contribution in [3.63, 3.8) is 0 Å². The van der Waals surface area contributed by atoms with E-state index in [4.69, 9.17) is 4.18 Å². The van der Waals surface area contributed by atoms with Crippen LogP contribution >= 0.6 is 0 Å². The average Bonchev–Trinajstić information content (AvgIpc) is 2.73. The number of rotatable bonds is 7. The van der Waals surface area contributed by atoms with Crippen LogP contribution in [0.25, 0.3) is 0 Å². The first-order chi connectivity index (χ1) is 15.1. The molecule has 3 aromatic carbocycles. The molecule has 0 saturated carbocycles. The molecule has 0 saturated heterocycles. The van der Waals surface area contributed by atoms with Gasteiger partial charge in [0.05, 0.1) is 0 Å². The van der Waals surface area contributed by atoms with Crippen LogP contribution in [0.15, 0.2) is 77.7 Å². The van der Waals surface area contributed by atoms with Crippen molar-refractivity contribution in [2.75, 3.05) is 5.32 Å². The molecule has 0 unspecified atom stereocenters. The third-order valence-corrected chi connectivity index (χ3v) is 6.01. The fourth-order valence-electron chi connectivity index (χ4n) is 2.99. The Balaban J connectivity index is 1.74. The van der Waals surface area contributed by atoms with Crippen molar-refractivity contribution in [1.29, 1.82) is 0 Å². The summed E-state index contributed by atoms with van der Waals surface area (Å²) in [6.07, 6.45) is 0. The first kappa shape index (κ1) is 23.3. The second-order valence-electron chi connectivity index (χ2n) is 7.66. The third kappa shape index (κ3) is 6.07. The highest BCUT2D eigenvalue weighted by atomic mass is 32.2. The van der Waals surface area contributed by atoms with Crippen LogP contribution in [-0.2, 0) is 16.7 Å². The molecular weight excluding hydrogens is 431 g/mol. The Bertz CT molecular complexity index is 1180. The van der Waals surface area contributed by atoms with E-state index in [0.29, 0.717) is 11.3 Å². The van der Waals surface area contributed by atoms with Crippen LogP contribution in [0.1, 0.15) is 25.0 Å². The van der Waals surface area contributed by atoms with Gasteiger partial charge in [0.2, 0.25) is 0 Å². The van der Waals surface area contributed by atoms with Gasteiger partial charge in [-0.3, -0.25) is 0 Å². The number of hydrogen-bond acceptors (Lipinski definition) is 4. The minimum Gasteiger partial charge on any atom is -0.379 e. The summed E-state index contributed by atoms with van der Waals surface area (Å²) in [6, 6.07) is 18.0. The van der Waals surface area contributed by atoms with E-state index in [1.807, 2.05) is 45.0 Å². The maximum atomic E-state index is 13.1. The second-order valence-corrected chi connectivity index (χ2v) is 9.20. The maximum Gasteiger partial charge on any atom is 0.339 e. The zero-order valence-electron chi connectivity index (χ0n) is 18.1. The standard InChI is InChI=1S/C24H25FN2O4S/c1-17(2)27(24(28)26-21-11-7-18(3)8-12-21)16-19-5-4-6-22(15-19)31-32(29,30)23-13-9-20(25)10-14-23/h4-15,17H,16H2,1-3H3,(H,26,28). The first-order valence-corrected chi connectivity index (χ1v) is 11.5. The summed E-state index contributed by atoms with van der Waals surface area (Å²) >= 11 is 0. The largest absolute Gasteiger partial charge is 0.379 e. The van der Waals surface area contributed by atoms with Gasteiger partial charge in [0.15, 0.2) is 0 Å². The Morgan fingerprint density at radius 3 is 2.31 bits per heavy atom. The van der Waals surface area contributed by atoms with E-state index in [1.165, 1.54) is 6.07 Å². The van der Waals surface area contributed by atoms with Crippen molar-refractivity contribution in [2.45, 2.75) is 38.3 Å². The van der Waals surface area contributed by atoms with Crippen LogP contribution in [0.3, 0.4) is 0 Å². The van der Waals surface area contributed by atoms with Crippen molar-refractivity contribution in [1.82, 2.24) is 4.90 Å². The number of hydrogen-bond donors (Lipinski definition) is 1. The van der Waals surface area contributed by atoms with E-state index in [2.05, 4.69) is 5.32 Å². The summed E-state index contributed by atoms with van der Waals surface area (Å²) in [6.45, 7) is 6.02. The molecule has 8 heteroatoms. The van der Waals surface area contributed by atoms with Crippen LogP contribution < -0.4 is 9.50 Å². The fourth-order valence-corrected chi connectivity index (χ4v) is 3.91. The van der Waals surface area contributed by atoms with Gasteiger partial charge in [-0.25, -0.2) is 9.18 Å². The zero-order valence-corrected chi connectivity index (χ0v) is 18.9. The Kier molecular flexibility index (Phi) is 7.15. The topological polar surface area (TPSA) is 75.7 Å². The molecule has 0 aliphatic heterocycles. The molecule has 0 radical (unpaired) electrons.